The third-order valence-electron chi connectivity index (χ3n) is 5.90. The van der Waals surface area contributed by atoms with Gasteiger partial charge >= 0.3 is 5.91 Å². The lowest BCUT2D eigenvalue weighted by Gasteiger charge is -2.29. The minimum absolute atomic E-state index is 0.0410. The van der Waals surface area contributed by atoms with Gasteiger partial charge in [-0.15, -0.1) is 0 Å². The van der Waals surface area contributed by atoms with Gasteiger partial charge in [0, 0.05) is 24.5 Å². The summed E-state index contributed by atoms with van der Waals surface area (Å²) in [6.45, 7) is 11.4. The van der Waals surface area contributed by atoms with Crippen molar-refractivity contribution < 1.29 is 14.4 Å². The number of carbonyl (C=O) groups excluding carboxylic acids is 3. The van der Waals surface area contributed by atoms with Crippen LogP contribution in [-0.2, 0) is 9.59 Å². The Kier molecular flexibility index (Phi) is 5.61. The van der Waals surface area contributed by atoms with Crippen LogP contribution in [0.15, 0.2) is 24.4 Å². The van der Waals surface area contributed by atoms with Gasteiger partial charge in [-0.05, 0) is 42.4 Å². The maximum atomic E-state index is 12.7. The van der Waals surface area contributed by atoms with Crippen LogP contribution in [-0.4, -0.2) is 32.7 Å². The molecular formula is C23H24N6O3. The molecule has 3 N–H and O–H groups in total. The number of aromatic nitrogens is 3. The number of hydrogen-bond donors (Lipinski definition) is 3. The lowest BCUT2D eigenvalue weighted by Crippen LogP contribution is -2.38. The molecule has 9 heteroatoms. The van der Waals surface area contributed by atoms with Crippen LogP contribution in [0, 0.1) is 12.0 Å². The molecule has 2 aliphatic rings. The predicted molar refractivity (Wildman–Crippen MR) is 118 cm³/mol. The summed E-state index contributed by atoms with van der Waals surface area (Å²) in [4.78, 5) is 51.1. The summed E-state index contributed by atoms with van der Waals surface area (Å²) in [5, 5.41) is 5.17. The Morgan fingerprint density at radius 3 is 2.62 bits per heavy atom. The topological polar surface area (TPSA) is 121 Å². The van der Waals surface area contributed by atoms with Crippen molar-refractivity contribution in [3.05, 3.63) is 53.0 Å². The molecule has 1 aliphatic carbocycles. The summed E-state index contributed by atoms with van der Waals surface area (Å²) in [6.07, 6.45) is 6.52. The zero-order valence-electron chi connectivity index (χ0n) is 18.0. The molecule has 1 aliphatic heterocycles. The summed E-state index contributed by atoms with van der Waals surface area (Å²) in [7, 11) is 0. The normalized spacial score (nSPS) is 18.5. The number of rotatable bonds is 4. The first-order valence-electron chi connectivity index (χ1n) is 10.5. The van der Waals surface area contributed by atoms with Gasteiger partial charge in [-0.1, -0.05) is 26.5 Å². The van der Waals surface area contributed by atoms with E-state index in [2.05, 4.69) is 45.4 Å². The molecule has 0 bridgehead atoms. The number of imidazole rings is 1. The summed E-state index contributed by atoms with van der Waals surface area (Å²) in [5.74, 6) is -1.16. The minimum atomic E-state index is -0.473. The number of H-pyrrole nitrogens is 1. The smallest absolute Gasteiger partial charge is 0.314 e. The molecule has 3 amide bonds. The number of amides is 3. The summed E-state index contributed by atoms with van der Waals surface area (Å²) in [6, 6.07) is 3.50. The number of carbonyl (C=O) groups is 3. The molecule has 0 aromatic carbocycles. The minimum Gasteiger partial charge on any atom is -0.363 e. The standard InChI is InChI=1S/C23H24N6O3/c1-23(2)8-6-13(7-9-23)20-16(27-22(32)21-25-12-17(24-3)28-21)5-4-15(26-20)14-10-18(30)29-19(31)11-14/h4-6,12,14H,7-11H2,1-2H3,(H,25,28)(H,27,32)(H,29,30,31). The lowest BCUT2D eigenvalue weighted by atomic mass is 9.77. The van der Waals surface area contributed by atoms with Crippen LogP contribution in [0.4, 0.5) is 11.5 Å². The van der Waals surface area contributed by atoms with E-state index in [1.54, 1.807) is 12.1 Å². The SMILES string of the molecule is [C-]#[N+]c1cnc(C(=O)Nc2ccc(C3CC(=O)NC(=O)C3)nc2C2=CCC(C)(C)CC2)[nH]1. The highest BCUT2D eigenvalue weighted by Gasteiger charge is 2.29. The van der Waals surface area contributed by atoms with Crippen molar-refractivity contribution >= 4 is 34.8 Å². The highest BCUT2D eigenvalue weighted by atomic mass is 16.2. The number of aromatic amines is 1. The van der Waals surface area contributed by atoms with Crippen molar-refractivity contribution in [3.63, 3.8) is 0 Å². The zero-order chi connectivity index (χ0) is 22.9. The van der Waals surface area contributed by atoms with Gasteiger partial charge in [0.2, 0.25) is 17.6 Å². The van der Waals surface area contributed by atoms with Crippen LogP contribution < -0.4 is 10.6 Å². The molecule has 0 atom stereocenters. The Morgan fingerprint density at radius 2 is 2.00 bits per heavy atom. The van der Waals surface area contributed by atoms with E-state index >= 15 is 0 Å². The van der Waals surface area contributed by atoms with Crippen molar-refractivity contribution in [3.8, 4) is 0 Å². The van der Waals surface area contributed by atoms with E-state index in [0.717, 1.165) is 24.8 Å². The maximum Gasteiger partial charge on any atom is 0.314 e. The molecule has 2 aromatic heterocycles. The summed E-state index contributed by atoms with van der Waals surface area (Å²) < 4.78 is 0. The molecule has 1 fully saturated rings. The van der Waals surface area contributed by atoms with Gasteiger partial charge in [0.15, 0.2) is 0 Å². The van der Waals surface area contributed by atoms with Crippen molar-refractivity contribution in [2.24, 2.45) is 5.41 Å². The highest BCUT2D eigenvalue weighted by Crippen LogP contribution is 2.40. The average Bonchev–Trinajstić information content (AvgIpc) is 3.23. The molecule has 32 heavy (non-hydrogen) atoms. The number of nitrogens with zero attached hydrogens (tertiary/aromatic N) is 3. The van der Waals surface area contributed by atoms with Gasteiger partial charge in [0.25, 0.3) is 5.82 Å². The Balaban J connectivity index is 1.68. The fourth-order valence-electron chi connectivity index (χ4n) is 3.99. The molecule has 0 saturated carbocycles. The fraction of sp³-hybridized carbons (Fsp3) is 0.391. The van der Waals surface area contributed by atoms with Gasteiger partial charge in [0.1, 0.15) is 0 Å². The van der Waals surface area contributed by atoms with E-state index in [1.807, 2.05) is 0 Å². The number of anilines is 1. The number of nitrogens with one attached hydrogen (secondary N) is 3. The van der Waals surface area contributed by atoms with Crippen LogP contribution in [0.3, 0.4) is 0 Å². The first-order chi connectivity index (χ1) is 15.2. The van der Waals surface area contributed by atoms with Crippen molar-refractivity contribution in [1.29, 1.82) is 0 Å². The van der Waals surface area contributed by atoms with E-state index in [0.29, 0.717) is 17.1 Å². The summed E-state index contributed by atoms with van der Waals surface area (Å²) >= 11 is 0. The van der Waals surface area contributed by atoms with Gasteiger partial charge in [-0.25, -0.2) is 4.98 Å². The molecule has 3 heterocycles. The number of hydrogen-bond acceptors (Lipinski definition) is 5. The molecule has 1 saturated heterocycles. The molecular weight excluding hydrogens is 408 g/mol. The number of piperidine rings is 1. The van der Waals surface area contributed by atoms with Gasteiger partial charge in [-0.3, -0.25) is 29.7 Å². The lowest BCUT2D eigenvalue weighted by molar-refractivity contribution is -0.133. The fourth-order valence-corrected chi connectivity index (χ4v) is 3.99. The van der Waals surface area contributed by atoms with Crippen LogP contribution in [0.5, 0.6) is 0 Å². The van der Waals surface area contributed by atoms with Crippen molar-refractivity contribution in [2.75, 3.05) is 5.32 Å². The molecule has 0 unspecified atom stereocenters. The first kappa shape index (κ1) is 21.4. The maximum absolute atomic E-state index is 12.7. The van der Waals surface area contributed by atoms with Crippen LogP contribution >= 0.6 is 0 Å². The highest BCUT2D eigenvalue weighted by molar-refractivity contribution is 6.03. The van der Waals surface area contributed by atoms with E-state index in [4.69, 9.17) is 11.6 Å². The Labute approximate surface area is 185 Å². The molecule has 0 spiro atoms. The molecule has 4 rings (SSSR count). The van der Waals surface area contributed by atoms with E-state index in [-0.39, 0.29) is 47.6 Å². The number of allylic oxidation sites excluding steroid dienone is 2. The molecule has 164 valence electrons. The zero-order valence-corrected chi connectivity index (χ0v) is 18.0. The second-order valence-corrected chi connectivity index (χ2v) is 8.99. The number of pyridine rings is 1. The molecule has 2 aromatic rings. The van der Waals surface area contributed by atoms with E-state index < -0.39 is 5.91 Å². The van der Waals surface area contributed by atoms with Crippen LogP contribution in [0.2, 0.25) is 0 Å². The van der Waals surface area contributed by atoms with Gasteiger partial charge in [0.05, 0.1) is 17.6 Å². The van der Waals surface area contributed by atoms with Crippen LogP contribution in [0.1, 0.15) is 73.9 Å². The number of imide groups is 1. The van der Waals surface area contributed by atoms with Crippen LogP contribution in [0.25, 0.3) is 10.4 Å². The van der Waals surface area contributed by atoms with Gasteiger partial charge < -0.3 is 10.2 Å². The van der Waals surface area contributed by atoms with Crippen molar-refractivity contribution in [1.82, 2.24) is 20.3 Å². The molecule has 9 nitrogen and oxygen atoms in total. The second-order valence-electron chi connectivity index (χ2n) is 8.99. The second kappa shape index (κ2) is 8.38. The third-order valence-corrected chi connectivity index (χ3v) is 5.90. The molecule has 0 radical (unpaired) electrons. The Hall–Kier alpha value is -3.80. The van der Waals surface area contributed by atoms with Gasteiger partial charge in [-0.2, -0.15) is 0 Å². The monoisotopic (exact) mass is 432 g/mol. The summed E-state index contributed by atoms with van der Waals surface area (Å²) in [5.41, 5.74) is 3.04. The Bertz CT molecular complexity index is 1150. The largest absolute Gasteiger partial charge is 0.363 e. The average molecular weight is 432 g/mol. The predicted octanol–water partition coefficient (Wildman–Crippen LogP) is 3.72. The quantitative estimate of drug-likeness (QED) is 0.502. The third kappa shape index (κ3) is 4.59. The Morgan fingerprint density at radius 1 is 1.25 bits per heavy atom. The van der Waals surface area contributed by atoms with Crippen molar-refractivity contribution in [2.45, 2.75) is 51.9 Å². The van der Waals surface area contributed by atoms with E-state index in [1.165, 1.54) is 6.20 Å². The van der Waals surface area contributed by atoms with E-state index in [9.17, 15) is 14.4 Å². The first-order valence-corrected chi connectivity index (χ1v) is 10.5.